The van der Waals surface area contributed by atoms with Crippen LogP contribution in [0.3, 0.4) is 0 Å². The first-order valence-electron chi connectivity index (χ1n) is 4.74. The van der Waals surface area contributed by atoms with Crippen molar-refractivity contribution in [3.05, 3.63) is 35.3 Å². The van der Waals surface area contributed by atoms with Crippen molar-refractivity contribution in [2.24, 2.45) is 12.9 Å². The Kier molecular flexibility index (Phi) is 3.23. The molecule has 0 aliphatic rings. The number of hydrogen-bond acceptors (Lipinski definition) is 5. The molecule has 7 heteroatoms. The van der Waals surface area contributed by atoms with E-state index in [0.717, 1.165) is 11.4 Å². The van der Waals surface area contributed by atoms with E-state index < -0.39 is 0 Å². The van der Waals surface area contributed by atoms with Gasteiger partial charge in [0.05, 0.1) is 12.3 Å². The number of rotatable bonds is 4. The Morgan fingerprint density at radius 1 is 1.69 bits per heavy atom. The molecule has 0 saturated carbocycles. The Hall–Kier alpha value is -1.37. The van der Waals surface area contributed by atoms with E-state index in [-0.39, 0.29) is 6.04 Å². The van der Waals surface area contributed by atoms with Crippen molar-refractivity contribution in [2.45, 2.75) is 12.5 Å². The lowest BCUT2D eigenvalue weighted by Crippen LogP contribution is -2.30. The lowest BCUT2D eigenvalue weighted by Gasteiger charge is -2.13. The highest BCUT2D eigenvalue weighted by molar-refractivity contribution is 6.29. The molecule has 1 unspecified atom stereocenters. The minimum absolute atomic E-state index is 0.144. The Balaban J connectivity index is 2.19. The smallest absolute Gasteiger partial charge is 0.197 e. The lowest BCUT2D eigenvalue weighted by molar-refractivity contribution is 0.509. The highest BCUT2D eigenvalue weighted by atomic mass is 35.5. The van der Waals surface area contributed by atoms with Gasteiger partial charge in [0, 0.05) is 19.0 Å². The molecule has 0 bridgehead atoms. The van der Waals surface area contributed by atoms with Crippen molar-refractivity contribution in [3.8, 4) is 0 Å². The van der Waals surface area contributed by atoms with Crippen LogP contribution in [0.15, 0.2) is 23.1 Å². The van der Waals surface area contributed by atoms with Crippen molar-refractivity contribution >= 4 is 11.6 Å². The summed E-state index contributed by atoms with van der Waals surface area (Å²) < 4.78 is 6.72. The van der Waals surface area contributed by atoms with Crippen LogP contribution >= 0.6 is 11.6 Å². The van der Waals surface area contributed by atoms with Gasteiger partial charge in [-0.05, 0) is 17.7 Å². The zero-order valence-corrected chi connectivity index (χ0v) is 9.48. The SMILES string of the molecule is Cn1ncnc1CC(NN)c1ccoc1Cl. The second-order valence-corrected chi connectivity index (χ2v) is 3.72. The average molecular weight is 242 g/mol. The molecule has 3 N–H and O–H groups in total. The van der Waals surface area contributed by atoms with Crippen molar-refractivity contribution < 1.29 is 4.42 Å². The highest BCUT2D eigenvalue weighted by Crippen LogP contribution is 2.25. The summed E-state index contributed by atoms with van der Waals surface area (Å²) in [5.74, 6) is 6.31. The first-order valence-corrected chi connectivity index (χ1v) is 5.12. The number of hydrogen-bond donors (Lipinski definition) is 2. The molecule has 0 aliphatic carbocycles. The number of nitrogens with zero attached hydrogens (tertiary/aromatic N) is 3. The van der Waals surface area contributed by atoms with Crippen LogP contribution < -0.4 is 11.3 Å². The molecular weight excluding hydrogens is 230 g/mol. The highest BCUT2D eigenvalue weighted by Gasteiger charge is 2.18. The molecule has 2 heterocycles. The van der Waals surface area contributed by atoms with E-state index in [1.807, 2.05) is 7.05 Å². The molecule has 0 saturated heterocycles. The van der Waals surface area contributed by atoms with Gasteiger partial charge < -0.3 is 4.42 Å². The predicted molar refractivity (Wildman–Crippen MR) is 58.5 cm³/mol. The fourth-order valence-corrected chi connectivity index (χ4v) is 1.75. The van der Waals surface area contributed by atoms with Crippen LogP contribution in [0.5, 0.6) is 0 Å². The van der Waals surface area contributed by atoms with Gasteiger partial charge in [-0.2, -0.15) is 5.10 Å². The number of nitrogens with one attached hydrogen (secondary N) is 1. The summed E-state index contributed by atoms with van der Waals surface area (Å²) in [7, 11) is 1.83. The van der Waals surface area contributed by atoms with Crippen molar-refractivity contribution in [3.63, 3.8) is 0 Å². The number of aromatic nitrogens is 3. The maximum atomic E-state index is 5.89. The summed E-state index contributed by atoms with van der Waals surface area (Å²) in [4.78, 5) is 4.13. The van der Waals surface area contributed by atoms with E-state index in [4.69, 9.17) is 21.9 Å². The Labute approximate surface area is 97.4 Å². The average Bonchev–Trinajstić information content (AvgIpc) is 2.85. The van der Waals surface area contributed by atoms with Crippen LogP contribution in [0.1, 0.15) is 17.4 Å². The van der Waals surface area contributed by atoms with E-state index >= 15 is 0 Å². The standard InChI is InChI=1S/C9H12ClN5O/c1-15-8(12-5-13-15)4-7(14-11)6-2-3-16-9(6)10/h2-3,5,7,14H,4,11H2,1H3. The van der Waals surface area contributed by atoms with Gasteiger partial charge in [-0.15, -0.1) is 0 Å². The Morgan fingerprint density at radius 3 is 3.00 bits per heavy atom. The van der Waals surface area contributed by atoms with E-state index in [9.17, 15) is 0 Å². The molecule has 2 aromatic rings. The summed E-state index contributed by atoms with van der Waals surface area (Å²) in [5, 5.41) is 4.33. The van der Waals surface area contributed by atoms with Crippen LogP contribution in [0.2, 0.25) is 5.22 Å². The normalized spacial score (nSPS) is 12.9. The van der Waals surface area contributed by atoms with Gasteiger partial charge in [-0.3, -0.25) is 16.0 Å². The summed E-state index contributed by atoms with van der Waals surface area (Å²) >= 11 is 5.89. The molecular formula is C9H12ClN5O. The fraction of sp³-hybridized carbons (Fsp3) is 0.333. The summed E-state index contributed by atoms with van der Waals surface area (Å²) in [6, 6.07) is 1.64. The third-order valence-corrected chi connectivity index (χ3v) is 2.72. The van der Waals surface area contributed by atoms with Crippen LogP contribution in [0.25, 0.3) is 0 Å². The van der Waals surface area contributed by atoms with Gasteiger partial charge >= 0.3 is 0 Å². The van der Waals surface area contributed by atoms with Gasteiger partial charge in [0.2, 0.25) is 0 Å². The predicted octanol–water partition coefficient (Wildman–Crippen LogP) is 0.809. The minimum atomic E-state index is -0.144. The molecule has 2 rings (SSSR count). The minimum Gasteiger partial charge on any atom is -0.453 e. The zero-order valence-electron chi connectivity index (χ0n) is 8.72. The molecule has 0 amide bonds. The molecule has 2 aromatic heterocycles. The molecule has 0 aromatic carbocycles. The number of furan rings is 1. The van der Waals surface area contributed by atoms with E-state index in [1.54, 1.807) is 10.7 Å². The largest absolute Gasteiger partial charge is 0.453 e. The Bertz CT molecular complexity index is 466. The quantitative estimate of drug-likeness (QED) is 0.612. The monoisotopic (exact) mass is 241 g/mol. The molecule has 0 spiro atoms. The number of aryl methyl sites for hydroxylation is 1. The Morgan fingerprint density at radius 2 is 2.50 bits per heavy atom. The van der Waals surface area contributed by atoms with E-state index in [2.05, 4.69) is 15.5 Å². The van der Waals surface area contributed by atoms with Crippen molar-refractivity contribution in [2.75, 3.05) is 0 Å². The van der Waals surface area contributed by atoms with Crippen molar-refractivity contribution in [1.82, 2.24) is 20.2 Å². The fourth-order valence-electron chi connectivity index (χ4n) is 1.50. The number of nitrogens with two attached hydrogens (primary N) is 1. The third-order valence-electron chi connectivity index (χ3n) is 2.41. The first-order chi connectivity index (χ1) is 7.72. The maximum absolute atomic E-state index is 5.89. The second-order valence-electron chi connectivity index (χ2n) is 3.37. The van der Waals surface area contributed by atoms with E-state index in [0.29, 0.717) is 11.6 Å². The first kappa shape index (κ1) is 11.1. The maximum Gasteiger partial charge on any atom is 0.197 e. The molecule has 0 aliphatic heterocycles. The van der Waals surface area contributed by atoms with Crippen LogP contribution in [-0.2, 0) is 13.5 Å². The second kappa shape index (κ2) is 4.65. The van der Waals surface area contributed by atoms with Crippen LogP contribution in [0, 0.1) is 0 Å². The number of hydrazine groups is 1. The topological polar surface area (TPSA) is 81.9 Å². The summed E-state index contributed by atoms with van der Waals surface area (Å²) in [5.41, 5.74) is 3.50. The molecule has 0 fully saturated rings. The zero-order chi connectivity index (χ0) is 11.5. The van der Waals surface area contributed by atoms with Gasteiger partial charge in [0.1, 0.15) is 12.2 Å². The summed E-state index contributed by atoms with van der Waals surface area (Å²) in [6.07, 6.45) is 3.62. The van der Waals surface area contributed by atoms with Crippen molar-refractivity contribution in [1.29, 1.82) is 0 Å². The number of halogens is 1. The van der Waals surface area contributed by atoms with Crippen LogP contribution in [-0.4, -0.2) is 14.8 Å². The molecule has 0 radical (unpaired) electrons. The molecule has 1 atom stereocenters. The molecule has 86 valence electrons. The molecule has 6 nitrogen and oxygen atoms in total. The third kappa shape index (κ3) is 2.08. The molecule has 16 heavy (non-hydrogen) atoms. The van der Waals surface area contributed by atoms with Gasteiger partial charge in [0.15, 0.2) is 5.22 Å². The van der Waals surface area contributed by atoms with Gasteiger partial charge in [0.25, 0.3) is 0 Å². The van der Waals surface area contributed by atoms with E-state index in [1.165, 1.54) is 12.6 Å². The van der Waals surface area contributed by atoms with Crippen LogP contribution in [0.4, 0.5) is 0 Å². The summed E-state index contributed by atoms with van der Waals surface area (Å²) in [6.45, 7) is 0. The van der Waals surface area contributed by atoms with Gasteiger partial charge in [-0.25, -0.2) is 4.98 Å². The lowest BCUT2D eigenvalue weighted by atomic mass is 10.1. The van der Waals surface area contributed by atoms with Gasteiger partial charge in [-0.1, -0.05) is 0 Å².